The van der Waals surface area contributed by atoms with Crippen LogP contribution in [0.1, 0.15) is 103 Å². The Kier molecular flexibility index (Phi) is 14.9. The van der Waals surface area contributed by atoms with Gasteiger partial charge in [-0.2, -0.15) is 0 Å². The van der Waals surface area contributed by atoms with Crippen molar-refractivity contribution in [2.45, 2.75) is 115 Å². The van der Waals surface area contributed by atoms with Gasteiger partial charge in [-0.05, 0) is 25.7 Å². The summed E-state index contributed by atoms with van der Waals surface area (Å²) in [7, 11) is 0. The average molecular weight is 413 g/mol. The Morgan fingerprint density at radius 2 is 1.48 bits per heavy atom. The number of nitrogens with one attached hydrogen (secondary N) is 1. The maximum absolute atomic E-state index is 12.2. The highest BCUT2D eigenvalue weighted by Crippen LogP contribution is 2.19. The van der Waals surface area contributed by atoms with Crippen molar-refractivity contribution >= 4 is 11.8 Å². The van der Waals surface area contributed by atoms with Gasteiger partial charge in [0.25, 0.3) is 0 Å². The van der Waals surface area contributed by atoms with Gasteiger partial charge in [0.05, 0.1) is 18.8 Å². The molecule has 0 aromatic rings. The van der Waals surface area contributed by atoms with Crippen molar-refractivity contribution in [3.05, 3.63) is 0 Å². The fourth-order valence-electron chi connectivity index (χ4n) is 4.00. The molecule has 1 aliphatic heterocycles. The van der Waals surface area contributed by atoms with Crippen LogP contribution in [-0.4, -0.2) is 58.8 Å². The number of amides is 2. The minimum Gasteiger partial charge on any atom is -0.394 e. The number of unbranched alkanes of at least 4 members (excludes halogenated alkanes) is 10. The maximum atomic E-state index is 12.2. The molecule has 1 saturated heterocycles. The molecule has 0 spiro atoms. The van der Waals surface area contributed by atoms with E-state index in [1.165, 1.54) is 44.9 Å². The van der Waals surface area contributed by atoms with Crippen molar-refractivity contribution in [1.29, 1.82) is 0 Å². The van der Waals surface area contributed by atoms with E-state index in [0.29, 0.717) is 32.4 Å². The normalized spacial score (nSPS) is 18.9. The number of aliphatic hydroxyl groups is 2. The lowest BCUT2D eigenvalue weighted by atomic mass is 10.1. The van der Waals surface area contributed by atoms with Crippen LogP contribution in [0.5, 0.6) is 0 Å². The first kappa shape index (κ1) is 25.9. The second kappa shape index (κ2) is 16.6. The maximum Gasteiger partial charge on any atom is 0.222 e. The Bertz CT molecular complexity index is 445. The molecular weight excluding hydrogens is 368 g/mol. The van der Waals surface area contributed by atoms with Crippen LogP contribution in [0, 0.1) is 0 Å². The van der Waals surface area contributed by atoms with Gasteiger partial charge in [-0.3, -0.25) is 9.59 Å². The Hall–Kier alpha value is -1.14. The summed E-state index contributed by atoms with van der Waals surface area (Å²) in [4.78, 5) is 25.6. The zero-order valence-corrected chi connectivity index (χ0v) is 18.5. The Morgan fingerprint density at radius 3 is 2.14 bits per heavy atom. The van der Waals surface area contributed by atoms with Crippen LogP contribution in [0.15, 0.2) is 0 Å². The van der Waals surface area contributed by atoms with Gasteiger partial charge in [-0.15, -0.1) is 0 Å². The van der Waals surface area contributed by atoms with Crippen molar-refractivity contribution in [2.24, 2.45) is 0 Å². The Balaban J connectivity index is 1.90. The van der Waals surface area contributed by atoms with Gasteiger partial charge in [0, 0.05) is 25.9 Å². The van der Waals surface area contributed by atoms with Crippen molar-refractivity contribution in [3.8, 4) is 0 Å². The smallest absolute Gasteiger partial charge is 0.222 e. The largest absolute Gasteiger partial charge is 0.394 e. The van der Waals surface area contributed by atoms with Crippen LogP contribution >= 0.6 is 0 Å². The summed E-state index contributed by atoms with van der Waals surface area (Å²) in [5, 5.41) is 21.9. The Labute approximate surface area is 177 Å². The summed E-state index contributed by atoms with van der Waals surface area (Å²) < 4.78 is 0. The topological polar surface area (TPSA) is 89.9 Å². The predicted molar refractivity (Wildman–Crippen MR) is 117 cm³/mol. The zero-order valence-electron chi connectivity index (χ0n) is 18.5. The van der Waals surface area contributed by atoms with Crippen LogP contribution < -0.4 is 5.32 Å². The molecule has 0 bridgehead atoms. The fourth-order valence-corrected chi connectivity index (χ4v) is 4.00. The molecule has 0 aromatic carbocycles. The van der Waals surface area contributed by atoms with Crippen molar-refractivity contribution in [2.75, 3.05) is 19.7 Å². The second-order valence-electron chi connectivity index (χ2n) is 8.51. The molecule has 1 fully saturated rings. The molecule has 6 heteroatoms. The van der Waals surface area contributed by atoms with Crippen molar-refractivity contribution in [1.82, 2.24) is 10.2 Å². The van der Waals surface area contributed by atoms with Gasteiger partial charge in [0.1, 0.15) is 0 Å². The molecular formula is C23H44N2O4. The van der Waals surface area contributed by atoms with E-state index < -0.39 is 6.10 Å². The van der Waals surface area contributed by atoms with E-state index in [0.717, 1.165) is 32.1 Å². The summed E-state index contributed by atoms with van der Waals surface area (Å²) in [6.07, 6.45) is 14.9. The molecule has 2 atom stereocenters. The highest BCUT2D eigenvalue weighted by atomic mass is 16.3. The van der Waals surface area contributed by atoms with Crippen molar-refractivity contribution in [3.63, 3.8) is 0 Å². The molecule has 1 heterocycles. The van der Waals surface area contributed by atoms with E-state index in [9.17, 15) is 19.8 Å². The second-order valence-corrected chi connectivity index (χ2v) is 8.51. The van der Waals surface area contributed by atoms with Gasteiger partial charge in [0.15, 0.2) is 0 Å². The number of hydrogen-bond acceptors (Lipinski definition) is 4. The molecule has 0 saturated carbocycles. The molecule has 29 heavy (non-hydrogen) atoms. The summed E-state index contributed by atoms with van der Waals surface area (Å²) in [5.41, 5.74) is 0. The first-order chi connectivity index (χ1) is 14.1. The highest BCUT2D eigenvalue weighted by Gasteiger charge is 2.33. The van der Waals surface area contributed by atoms with Gasteiger partial charge >= 0.3 is 0 Å². The van der Waals surface area contributed by atoms with Crippen molar-refractivity contribution < 1.29 is 19.8 Å². The summed E-state index contributed by atoms with van der Waals surface area (Å²) in [6, 6.07) is -0.238. The summed E-state index contributed by atoms with van der Waals surface area (Å²) in [6.45, 7) is 3.15. The quantitative estimate of drug-likeness (QED) is 0.319. The van der Waals surface area contributed by atoms with Gasteiger partial charge in [-0.1, -0.05) is 64.7 Å². The number of hydrogen-bond donors (Lipinski definition) is 3. The number of nitrogens with zero attached hydrogens (tertiary/aromatic N) is 1. The molecule has 0 aromatic heterocycles. The van der Waals surface area contributed by atoms with Crippen LogP contribution in [0.3, 0.4) is 0 Å². The molecule has 1 rings (SSSR count). The number of aliphatic hydroxyl groups excluding tert-OH is 2. The van der Waals surface area contributed by atoms with Gasteiger partial charge in [0.2, 0.25) is 11.8 Å². The highest BCUT2D eigenvalue weighted by molar-refractivity contribution is 5.77. The lowest BCUT2D eigenvalue weighted by Gasteiger charge is -2.22. The van der Waals surface area contributed by atoms with Gasteiger partial charge in [-0.25, -0.2) is 0 Å². The lowest BCUT2D eigenvalue weighted by Crippen LogP contribution is -2.37. The van der Waals surface area contributed by atoms with Crippen LogP contribution in [0.2, 0.25) is 0 Å². The SMILES string of the molecule is CCCCCCCCCCCC(=O)NCCCCCC(=O)N1CC(O)C[C@H]1CO. The molecule has 0 aliphatic carbocycles. The first-order valence-corrected chi connectivity index (χ1v) is 11.9. The number of β-amino-alcohol motifs (C(OH)–C–C–N with tert-alkyl or cyclic N) is 1. The average Bonchev–Trinajstić information content (AvgIpc) is 3.10. The summed E-state index contributed by atoms with van der Waals surface area (Å²) >= 11 is 0. The van der Waals surface area contributed by atoms with E-state index in [-0.39, 0.29) is 24.5 Å². The van der Waals surface area contributed by atoms with Crippen LogP contribution in [0.4, 0.5) is 0 Å². The molecule has 2 amide bonds. The lowest BCUT2D eigenvalue weighted by molar-refractivity contribution is -0.133. The number of rotatable bonds is 17. The zero-order chi connectivity index (χ0) is 21.3. The molecule has 1 aliphatic rings. The van der Waals surface area contributed by atoms with E-state index in [4.69, 9.17) is 0 Å². The standard InChI is InChI=1S/C23H44N2O4/c1-2-3-4-5-6-7-8-9-11-14-22(28)24-16-13-10-12-15-23(29)25-18-21(27)17-20(25)19-26/h20-21,26-27H,2-19H2,1H3,(H,24,28)/t20-,21?/m0/s1. The minimum atomic E-state index is -0.517. The number of carbonyl (C=O) groups is 2. The molecule has 170 valence electrons. The third-order valence-electron chi connectivity index (χ3n) is 5.82. The van der Waals surface area contributed by atoms with Gasteiger partial charge < -0.3 is 20.4 Å². The van der Waals surface area contributed by atoms with Crippen LogP contribution in [0.25, 0.3) is 0 Å². The number of carbonyl (C=O) groups excluding carboxylic acids is 2. The Morgan fingerprint density at radius 1 is 0.897 bits per heavy atom. The third kappa shape index (κ3) is 12.2. The first-order valence-electron chi connectivity index (χ1n) is 11.9. The van der Waals surface area contributed by atoms with Crippen LogP contribution in [-0.2, 0) is 9.59 Å². The number of likely N-dealkylation sites (tertiary alicyclic amines) is 1. The summed E-state index contributed by atoms with van der Waals surface area (Å²) in [5.74, 6) is 0.149. The molecule has 1 unspecified atom stereocenters. The van der Waals surface area contributed by atoms with E-state index in [1.54, 1.807) is 4.90 Å². The molecule has 0 radical (unpaired) electrons. The fraction of sp³-hybridized carbons (Fsp3) is 0.913. The van der Waals surface area contributed by atoms with E-state index in [1.807, 2.05) is 0 Å². The molecule has 3 N–H and O–H groups in total. The third-order valence-corrected chi connectivity index (χ3v) is 5.82. The monoisotopic (exact) mass is 412 g/mol. The van der Waals surface area contributed by atoms with E-state index in [2.05, 4.69) is 12.2 Å². The predicted octanol–water partition coefficient (Wildman–Crippen LogP) is 3.54. The minimum absolute atomic E-state index is 0.00926. The van der Waals surface area contributed by atoms with E-state index >= 15 is 0 Å². The molecule has 6 nitrogen and oxygen atoms in total.